The highest BCUT2D eigenvalue weighted by molar-refractivity contribution is 5.89. The topological polar surface area (TPSA) is 437 Å². The molecule has 29 heteroatoms. The first kappa shape index (κ1) is 108. The van der Waals surface area contributed by atoms with E-state index in [4.69, 9.17) is 5.26 Å². The molecule has 7 amide bonds. The molecule has 0 aromatic heterocycles. The average molecular weight is 1600 g/mol. The molecule has 4 rings (SSSR count). The van der Waals surface area contributed by atoms with Gasteiger partial charge in [0, 0.05) is 44.7 Å². The van der Waals surface area contributed by atoms with E-state index in [9.17, 15) is 44.1 Å². The van der Waals surface area contributed by atoms with Gasteiger partial charge < -0.3 is 37.6 Å². The van der Waals surface area contributed by atoms with Crippen molar-refractivity contribution in [2.45, 2.75) is 414 Å². The van der Waals surface area contributed by atoms with Gasteiger partial charge in [-0.05, 0) is 238 Å². The second-order valence-electron chi connectivity index (χ2n) is 37.8. The summed E-state index contributed by atoms with van der Waals surface area (Å²) >= 11 is 0. The third kappa shape index (κ3) is 47.8. The lowest BCUT2D eigenvalue weighted by molar-refractivity contribution is -0.128. The Morgan fingerprint density at radius 2 is 0.746 bits per heavy atom. The number of Topliss-reactive ketones (excluding diaryl/α,β-unsaturated/α-hetero) is 1. The summed E-state index contributed by atoms with van der Waals surface area (Å²) in [6.45, 7) is 59.6. The molecule has 114 heavy (non-hydrogen) atoms. The second kappa shape index (κ2) is 50.5. The second-order valence-corrected chi connectivity index (χ2v) is 37.8. The van der Waals surface area contributed by atoms with Crippen LogP contribution in [0.3, 0.4) is 0 Å². The number of primary amides is 1. The largest absolute Gasteiger partial charge is 0.356 e. The lowest BCUT2D eigenvalue weighted by Crippen LogP contribution is -2.48. The fourth-order valence-corrected chi connectivity index (χ4v) is 12.4. The molecular formula is C85H154N22O7. The number of carbonyl (C=O) groups is 7. The molecule has 4 fully saturated rings. The molecule has 0 saturated heterocycles. The molecule has 4 aliphatic carbocycles. The number of urea groups is 1. The zero-order valence-corrected chi connectivity index (χ0v) is 75.6. The van der Waals surface area contributed by atoms with E-state index in [2.05, 4.69) is 200 Å². The number of rotatable bonds is 32. The van der Waals surface area contributed by atoms with Crippen molar-refractivity contribution in [1.82, 2.24) is 31.9 Å². The maximum atomic E-state index is 12.6. The van der Waals surface area contributed by atoms with E-state index >= 15 is 0 Å². The number of nitriles is 3. The van der Waals surface area contributed by atoms with Crippen molar-refractivity contribution in [3.05, 3.63) is 25.3 Å². The Labute approximate surface area is 687 Å². The summed E-state index contributed by atoms with van der Waals surface area (Å²) in [6, 6.07) is 6.09. The molecule has 0 bridgehead atoms. The van der Waals surface area contributed by atoms with Gasteiger partial charge in [-0.3, -0.25) is 28.8 Å². The van der Waals surface area contributed by atoms with Crippen molar-refractivity contribution >= 4 is 41.4 Å². The monoisotopic (exact) mass is 1600 g/mol. The minimum absolute atomic E-state index is 0.0133. The number of nitrogens with one attached hydrogen (secondary N) is 6. The zero-order valence-electron chi connectivity index (χ0n) is 75.6. The molecular weight excluding hydrogens is 1440 g/mol. The molecule has 0 radical (unpaired) electrons. The maximum Gasteiger partial charge on any atom is 0.356 e. The van der Waals surface area contributed by atoms with Crippen LogP contribution in [0.25, 0.3) is 0 Å². The van der Waals surface area contributed by atoms with Crippen molar-refractivity contribution in [3.8, 4) is 18.2 Å². The Morgan fingerprint density at radius 3 is 1.04 bits per heavy atom. The van der Waals surface area contributed by atoms with Crippen LogP contribution in [-0.4, -0.2) is 147 Å². The van der Waals surface area contributed by atoms with Crippen LogP contribution >= 0.6 is 0 Å². The van der Waals surface area contributed by atoms with Gasteiger partial charge in [0.1, 0.15) is 5.54 Å². The first-order chi connectivity index (χ1) is 52.4. The van der Waals surface area contributed by atoms with Gasteiger partial charge in [0.25, 0.3) is 0 Å². The van der Waals surface area contributed by atoms with Crippen LogP contribution in [0, 0.1) is 44.8 Å². The van der Waals surface area contributed by atoms with Gasteiger partial charge in [0.05, 0.1) is 29.3 Å². The van der Waals surface area contributed by atoms with E-state index < -0.39 is 55.9 Å². The number of azo groups is 6. The van der Waals surface area contributed by atoms with Gasteiger partial charge in [0.2, 0.25) is 29.5 Å². The van der Waals surface area contributed by atoms with Crippen LogP contribution in [0.15, 0.2) is 86.7 Å². The highest BCUT2D eigenvalue weighted by Crippen LogP contribution is 2.38. The highest BCUT2D eigenvalue weighted by atomic mass is 16.2. The smallest absolute Gasteiger partial charge is 0.354 e. The molecule has 0 heterocycles. The fourth-order valence-electron chi connectivity index (χ4n) is 12.4. The number of carbonyl (C=O) groups excluding carboxylic acids is 7. The van der Waals surface area contributed by atoms with Crippen molar-refractivity contribution in [2.24, 2.45) is 77.9 Å². The molecule has 8 N–H and O–H groups in total. The summed E-state index contributed by atoms with van der Waals surface area (Å²) in [5.74, 6) is -0.930. The van der Waals surface area contributed by atoms with Crippen LogP contribution < -0.4 is 37.6 Å². The zero-order chi connectivity index (χ0) is 88.2. The number of nitrogens with two attached hydrogens (primary N) is 1. The molecule has 0 atom stereocenters. The van der Waals surface area contributed by atoms with Crippen molar-refractivity contribution in [1.29, 1.82) is 15.8 Å². The standard InChI is InChI=1S/C20H36N4O2.C16H32N4O2.C16H34N2.C14H24N4O2.C14H20N4.C5H8N4O/c1-19(2,17(25)21-15-11-7-5-8-12-15)23-24-20(3,4)18(26)22-16-13-9-6-10-14-16;1-7-9-11-18-14(22)16(5,6)20-19-15(3,4)13(21)10-12-17-8-2;1-13(2,3)11-15(7,8)17-18-16(9,10)12-14(4,5)6;1-7-9-15-11(19)13(3,4)17-18-14(5,6)12(20)16-10-8-2;15-11-13(7-3-1-4-8-13)17-18-14(12-16)9-5-2-6-10-14;1-5(2,3-6)9-8-4(7)10/h15-16H,5-14H2,1-4H3,(H,21,25)(H,22,26);17H,7-12H2,1-6H3,(H,18,22);11-12H2,1-10H3;7-8H,1-2,9-10H2,3-6H3,(H,15,19)(H,16,20);1-10H2;1-2H3,(H2,7,10). The van der Waals surface area contributed by atoms with Crippen LogP contribution in [0.1, 0.15) is 341 Å². The summed E-state index contributed by atoms with van der Waals surface area (Å²) < 4.78 is 0. The van der Waals surface area contributed by atoms with E-state index in [1.807, 2.05) is 13.0 Å². The molecule has 0 spiro atoms. The summed E-state index contributed by atoms with van der Waals surface area (Å²) in [6.07, 6.45) is 28.7. The average Bonchev–Trinajstić information content (AvgIpc) is 0.829. The van der Waals surface area contributed by atoms with Crippen LogP contribution in [0.4, 0.5) is 4.79 Å². The Kier molecular flexibility index (Phi) is 47.8. The van der Waals surface area contributed by atoms with E-state index in [1.54, 1.807) is 95.2 Å². The van der Waals surface area contributed by atoms with Gasteiger partial charge in [-0.25, -0.2) is 4.79 Å². The Bertz CT molecular complexity index is 3110. The van der Waals surface area contributed by atoms with Crippen LogP contribution in [-0.2, 0) is 28.8 Å². The van der Waals surface area contributed by atoms with Gasteiger partial charge in [-0.1, -0.05) is 130 Å². The van der Waals surface area contributed by atoms with Crippen LogP contribution in [0.5, 0.6) is 0 Å². The van der Waals surface area contributed by atoms with E-state index in [-0.39, 0.29) is 69.3 Å². The number of nitrogens with zero attached hydrogens (tertiary/aromatic N) is 15. The molecule has 0 aromatic carbocycles. The third-order valence-corrected chi connectivity index (χ3v) is 18.8. The van der Waals surface area contributed by atoms with Crippen molar-refractivity contribution in [3.63, 3.8) is 0 Å². The number of hydrogen-bond donors (Lipinski definition) is 7. The molecule has 0 unspecified atom stereocenters. The van der Waals surface area contributed by atoms with Gasteiger partial charge in [-0.15, -0.1) is 13.2 Å². The normalized spacial score (nSPS) is 16.9. The number of ketones is 1. The van der Waals surface area contributed by atoms with Gasteiger partial charge >= 0.3 is 6.03 Å². The van der Waals surface area contributed by atoms with Crippen molar-refractivity contribution < 1.29 is 33.6 Å². The van der Waals surface area contributed by atoms with E-state index in [0.29, 0.717) is 32.6 Å². The van der Waals surface area contributed by atoms with Gasteiger partial charge in [-0.2, -0.15) is 72.0 Å². The van der Waals surface area contributed by atoms with Crippen LogP contribution in [0.2, 0.25) is 0 Å². The molecule has 646 valence electrons. The first-order valence-electron chi connectivity index (χ1n) is 41.5. The Balaban J connectivity index is 0. The summed E-state index contributed by atoms with van der Waals surface area (Å²) in [5.41, 5.74) is -3.07. The number of unbranched alkanes of at least 4 members (excludes halogenated alkanes) is 1. The van der Waals surface area contributed by atoms with Crippen molar-refractivity contribution in [2.75, 3.05) is 32.7 Å². The Hall–Kier alpha value is -8.00. The SMILES string of the molecule is C=CCNC(=O)C(C)(C)N=NC(C)(C)C(=O)NCC=C.CC(C)(C#N)N=NC(N)=O.CC(C)(C)CC(C)(C)N=NC(C)(C)CC(C)(C)C.CC(C)(N=NC(C)(C)C(=O)NC1CCCCC1)C(=O)NC1CCCCC1.CCCCNC(=O)C(C)(C)N=NC(C)(C)C(=O)CCNCC.N#CC1(N=NC2(C#N)CCCCC2)CCCCC1. The molecule has 0 aliphatic heterocycles. The highest BCUT2D eigenvalue weighted by Gasteiger charge is 2.39. The quantitative estimate of drug-likeness (QED) is 0.0188. The Morgan fingerprint density at radius 1 is 0.430 bits per heavy atom. The molecule has 29 nitrogen and oxygen atoms in total. The first-order valence-corrected chi connectivity index (χ1v) is 41.5. The maximum absolute atomic E-state index is 12.6. The third-order valence-electron chi connectivity index (χ3n) is 18.8. The number of amides is 7. The molecule has 4 saturated carbocycles. The van der Waals surface area contributed by atoms with E-state index in [1.165, 1.54) is 65.2 Å². The molecule has 4 aliphatic rings. The van der Waals surface area contributed by atoms with E-state index in [0.717, 1.165) is 109 Å². The number of hydrogen-bond acceptors (Lipinski definition) is 22. The predicted molar refractivity (Wildman–Crippen MR) is 455 cm³/mol. The lowest BCUT2D eigenvalue weighted by atomic mass is 9.81. The minimum atomic E-state index is -1.04. The van der Waals surface area contributed by atoms with Gasteiger partial charge in [0.15, 0.2) is 50.1 Å². The lowest BCUT2D eigenvalue weighted by Gasteiger charge is -2.31. The predicted octanol–water partition coefficient (Wildman–Crippen LogP) is 18.6. The summed E-state index contributed by atoms with van der Waals surface area (Å²) in [5, 5.41) is 93.6. The fraction of sp³-hybridized carbons (Fsp3) is 0.835. The molecule has 0 aromatic rings. The summed E-state index contributed by atoms with van der Waals surface area (Å²) in [7, 11) is 0. The summed E-state index contributed by atoms with van der Waals surface area (Å²) in [4.78, 5) is 83.1. The minimum Gasteiger partial charge on any atom is -0.354 e.